The average molecular weight is 268 g/mol. The molecule has 0 spiro atoms. The van der Waals surface area contributed by atoms with Crippen LogP contribution in [0.2, 0.25) is 0 Å². The zero-order valence-corrected chi connectivity index (χ0v) is 11.7. The molecule has 96 valence electrons. The lowest BCUT2D eigenvalue weighted by molar-refractivity contribution is 0.717. The summed E-state index contributed by atoms with van der Waals surface area (Å²) < 4.78 is 1.21. The van der Waals surface area contributed by atoms with Gasteiger partial charge >= 0.3 is 0 Å². The Bertz CT molecular complexity index is 670. The van der Waals surface area contributed by atoms with Crippen LogP contribution >= 0.6 is 11.3 Å². The summed E-state index contributed by atoms with van der Waals surface area (Å²) in [5, 5.41) is 1.02. The van der Waals surface area contributed by atoms with Crippen molar-refractivity contribution in [2.75, 3.05) is 0 Å². The summed E-state index contributed by atoms with van der Waals surface area (Å²) in [6.45, 7) is 2.10. The third-order valence-corrected chi connectivity index (χ3v) is 4.33. The molecule has 2 N–H and O–H groups in total. The van der Waals surface area contributed by atoms with E-state index in [1.807, 2.05) is 18.2 Å². The Balaban J connectivity index is 1.85. The normalized spacial score (nSPS) is 12.7. The average Bonchev–Trinajstić information content (AvgIpc) is 2.82. The minimum Gasteiger partial charge on any atom is -0.322 e. The predicted molar refractivity (Wildman–Crippen MR) is 81.4 cm³/mol. The van der Waals surface area contributed by atoms with Gasteiger partial charge in [-0.25, -0.2) is 4.98 Å². The van der Waals surface area contributed by atoms with Crippen LogP contribution in [0, 0.1) is 6.92 Å². The van der Waals surface area contributed by atoms with Crippen molar-refractivity contribution in [3.05, 3.63) is 64.7 Å². The number of hydrogen-bond donors (Lipinski definition) is 1. The van der Waals surface area contributed by atoms with Crippen molar-refractivity contribution in [2.45, 2.75) is 19.4 Å². The van der Waals surface area contributed by atoms with E-state index in [4.69, 9.17) is 5.73 Å². The van der Waals surface area contributed by atoms with E-state index in [1.165, 1.54) is 15.8 Å². The highest BCUT2D eigenvalue weighted by molar-refractivity contribution is 7.18. The molecule has 3 rings (SSSR count). The molecule has 2 aromatic carbocycles. The van der Waals surface area contributed by atoms with Crippen LogP contribution in [0.3, 0.4) is 0 Å². The van der Waals surface area contributed by atoms with Crippen molar-refractivity contribution < 1.29 is 0 Å². The summed E-state index contributed by atoms with van der Waals surface area (Å²) in [4.78, 5) is 4.62. The maximum atomic E-state index is 6.29. The molecule has 0 radical (unpaired) electrons. The van der Waals surface area contributed by atoms with E-state index < -0.39 is 0 Å². The number of para-hydroxylation sites is 1. The first-order chi connectivity index (χ1) is 9.22. The van der Waals surface area contributed by atoms with Crippen LogP contribution in [0.4, 0.5) is 0 Å². The van der Waals surface area contributed by atoms with Crippen LogP contribution in [0.1, 0.15) is 22.2 Å². The number of thiazole rings is 1. The first-order valence-electron chi connectivity index (χ1n) is 6.39. The van der Waals surface area contributed by atoms with E-state index in [1.54, 1.807) is 11.3 Å². The number of hydrogen-bond acceptors (Lipinski definition) is 3. The number of benzene rings is 2. The molecular weight excluding hydrogens is 252 g/mol. The SMILES string of the molecule is Cc1cccc(CC(N)c2nc3ccccc3s2)c1. The zero-order valence-electron chi connectivity index (χ0n) is 10.8. The highest BCUT2D eigenvalue weighted by atomic mass is 32.1. The molecule has 1 unspecified atom stereocenters. The molecule has 0 saturated carbocycles. The lowest BCUT2D eigenvalue weighted by atomic mass is 10.0. The third-order valence-electron chi connectivity index (χ3n) is 3.17. The van der Waals surface area contributed by atoms with Crippen molar-refractivity contribution in [2.24, 2.45) is 5.73 Å². The van der Waals surface area contributed by atoms with Gasteiger partial charge in [0.2, 0.25) is 0 Å². The number of nitrogens with zero attached hydrogens (tertiary/aromatic N) is 1. The zero-order chi connectivity index (χ0) is 13.2. The van der Waals surface area contributed by atoms with Gasteiger partial charge in [0.15, 0.2) is 0 Å². The number of fused-ring (bicyclic) bond motifs is 1. The number of aromatic nitrogens is 1. The molecule has 0 bridgehead atoms. The molecule has 1 atom stereocenters. The first kappa shape index (κ1) is 12.3. The molecule has 19 heavy (non-hydrogen) atoms. The van der Waals surface area contributed by atoms with E-state index in [-0.39, 0.29) is 6.04 Å². The standard InChI is InChI=1S/C16H16N2S/c1-11-5-4-6-12(9-11)10-13(17)16-18-14-7-2-3-8-15(14)19-16/h2-9,13H,10,17H2,1H3. The summed E-state index contributed by atoms with van der Waals surface area (Å²) in [6, 6.07) is 16.6. The molecule has 3 aromatic rings. The van der Waals surface area contributed by atoms with Crippen molar-refractivity contribution >= 4 is 21.6 Å². The van der Waals surface area contributed by atoms with E-state index in [0.717, 1.165) is 16.9 Å². The van der Waals surface area contributed by atoms with Gasteiger partial charge in [-0.2, -0.15) is 0 Å². The number of aryl methyl sites for hydroxylation is 1. The van der Waals surface area contributed by atoms with Crippen molar-refractivity contribution in [3.8, 4) is 0 Å². The maximum Gasteiger partial charge on any atom is 0.111 e. The Morgan fingerprint density at radius 2 is 2.00 bits per heavy atom. The molecule has 1 aromatic heterocycles. The smallest absolute Gasteiger partial charge is 0.111 e. The molecule has 2 nitrogen and oxygen atoms in total. The van der Waals surface area contributed by atoms with Crippen molar-refractivity contribution in [1.29, 1.82) is 0 Å². The van der Waals surface area contributed by atoms with Gasteiger partial charge in [0, 0.05) is 0 Å². The Morgan fingerprint density at radius 3 is 2.79 bits per heavy atom. The van der Waals surface area contributed by atoms with Crippen molar-refractivity contribution in [1.82, 2.24) is 4.98 Å². The summed E-state index contributed by atoms with van der Waals surface area (Å²) >= 11 is 1.69. The first-order valence-corrected chi connectivity index (χ1v) is 7.20. The molecule has 0 aliphatic rings. The van der Waals surface area contributed by atoms with Gasteiger partial charge in [-0.1, -0.05) is 42.0 Å². The van der Waals surface area contributed by atoms with E-state index >= 15 is 0 Å². The van der Waals surface area contributed by atoms with E-state index in [2.05, 4.69) is 42.2 Å². The molecule has 3 heteroatoms. The Hall–Kier alpha value is -1.71. The van der Waals surface area contributed by atoms with Crippen LogP contribution in [-0.2, 0) is 6.42 Å². The molecule has 0 aliphatic heterocycles. The molecule has 0 amide bonds. The molecular formula is C16H16N2S. The molecule has 0 fully saturated rings. The van der Waals surface area contributed by atoms with Gasteiger partial charge in [0.1, 0.15) is 5.01 Å². The predicted octanol–water partition coefficient (Wildman–Crippen LogP) is 3.85. The largest absolute Gasteiger partial charge is 0.322 e. The van der Waals surface area contributed by atoms with Gasteiger partial charge < -0.3 is 5.73 Å². The van der Waals surface area contributed by atoms with Crippen LogP contribution in [-0.4, -0.2) is 4.98 Å². The Kier molecular flexibility index (Phi) is 3.32. The van der Waals surface area contributed by atoms with Crippen molar-refractivity contribution in [3.63, 3.8) is 0 Å². The van der Waals surface area contributed by atoms with Gasteiger partial charge in [0.25, 0.3) is 0 Å². The quantitative estimate of drug-likeness (QED) is 0.783. The second-order valence-corrected chi connectivity index (χ2v) is 5.88. The Morgan fingerprint density at radius 1 is 1.16 bits per heavy atom. The van der Waals surface area contributed by atoms with E-state index in [0.29, 0.717) is 0 Å². The molecule has 0 aliphatic carbocycles. The maximum absolute atomic E-state index is 6.29. The molecule has 0 saturated heterocycles. The van der Waals surface area contributed by atoms with Gasteiger partial charge in [-0.3, -0.25) is 0 Å². The fourth-order valence-electron chi connectivity index (χ4n) is 2.23. The summed E-state index contributed by atoms with van der Waals surface area (Å²) in [5.41, 5.74) is 9.87. The topological polar surface area (TPSA) is 38.9 Å². The third kappa shape index (κ3) is 2.67. The van der Waals surface area contributed by atoms with Gasteiger partial charge in [0.05, 0.1) is 16.3 Å². The number of nitrogens with two attached hydrogens (primary N) is 1. The van der Waals surface area contributed by atoms with Gasteiger partial charge in [-0.05, 0) is 31.0 Å². The van der Waals surface area contributed by atoms with Crippen LogP contribution < -0.4 is 5.73 Å². The summed E-state index contributed by atoms with van der Waals surface area (Å²) in [5.74, 6) is 0. The minimum absolute atomic E-state index is 0.0285. The summed E-state index contributed by atoms with van der Waals surface area (Å²) in [6.07, 6.45) is 0.835. The second-order valence-electron chi connectivity index (χ2n) is 4.82. The highest BCUT2D eigenvalue weighted by Crippen LogP contribution is 2.27. The van der Waals surface area contributed by atoms with Crippen LogP contribution in [0.5, 0.6) is 0 Å². The van der Waals surface area contributed by atoms with E-state index in [9.17, 15) is 0 Å². The fourth-order valence-corrected chi connectivity index (χ4v) is 3.20. The lowest BCUT2D eigenvalue weighted by Gasteiger charge is -2.08. The van der Waals surface area contributed by atoms with Crippen LogP contribution in [0.25, 0.3) is 10.2 Å². The second kappa shape index (κ2) is 5.11. The monoisotopic (exact) mass is 268 g/mol. The number of rotatable bonds is 3. The Labute approximate surface area is 116 Å². The highest BCUT2D eigenvalue weighted by Gasteiger charge is 2.12. The summed E-state index contributed by atoms with van der Waals surface area (Å²) in [7, 11) is 0. The molecule has 1 heterocycles. The van der Waals surface area contributed by atoms with Crippen LogP contribution in [0.15, 0.2) is 48.5 Å². The van der Waals surface area contributed by atoms with Gasteiger partial charge in [-0.15, -0.1) is 11.3 Å². The lowest BCUT2D eigenvalue weighted by Crippen LogP contribution is -2.12. The minimum atomic E-state index is -0.0285. The fraction of sp³-hybridized carbons (Fsp3) is 0.188.